The fraction of sp³-hybridized carbons (Fsp3) is 0. The Morgan fingerprint density at radius 2 is 1.14 bits per heavy atom. The molecule has 0 heterocycles. The van der Waals surface area contributed by atoms with Gasteiger partial charge in [-0.3, -0.25) is 4.79 Å². The van der Waals surface area contributed by atoms with Crippen molar-refractivity contribution in [1.82, 2.24) is 0 Å². The third-order valence-electron chi connectivity index (χ3n) is 4.23. The lowest BCUT2D eigenvalue weighted by Gasteiger charge is -2.20. The maximum absolute atomic E-state index is 12.7. The van der Waals surface area contributed by atoms with Crippen LogP contribution in [0.5, 0.6) is 0 Å². The zero-order valence-electron chi connectivity index (χ0n) is 15.2. The van der Waals surface area contributed by atoms with Crippen molar-refractivity contribution in [3.05, 3.63) is 115 Å². The van der Waals surface area contributed by atoms with Gasteiger partial charge in [-0.25, -0.2) is 4.99 Å². The third-order valence-corrected chi connectivity index (χ3v) is 4.23. The molecule has 4 rings (SSSR count). The first kappa shape index (κ1) is 17.5. The van der Waals surface area contributed by atoms with Crippen molar-refractivity contribution in [3.8, 4) is 0 Å². The standard InChI is InChI=1S/C24H19N3O/c28-22-17-16-21(25-18-10-4-1-5-11-18)23(26-19-12-6-2-7-13-19)24(22)27-20-14-8-3-9-15-20/h1-17,25-26H. The summed E-state index contributed by atoms with van der Waals surface area (Å²) in [6.07, 6.45) is 3.33. The highest BCUT2D eigenvalue weighted by Gasteiger charge is 2.23. The molecule has 3 aromatic carbocycles. The number of nitrogens with one attached hydrogen (secondary N) is 2. The zero-order valence-corrected chi connectivity index (χ0v) is 15.2. The SMILES string of the molecule is O=C1C=CC(Nc2ccccc2)=C(Nc2ccccc2)C1=Nc1ccccc1. The Balaban J connectivity index is 1.79. The highest BCUT2D eigenvalue weighted by Crippen LogP contribution is 2.23. The first-order valence-electron chi connectivity index (χ1n) is 9.04. The number of nitrogens with zero attached hydrogens (tertiary/aromatic N) is 1. The van der Waals surface area contributed by atoms with Gasteiger partial charge in [-0.05, 0) is 48.6 Å². The average molecular weight is 365 g/mol. The summed E-state index contributed by atoms with van der Waals surface area (Å²) in [5.74, 6) is -0.138. The molecule has 136 valence electrons. The van der Waals surface area contributed by atoms with E-state index in [-0.39, 0.29) is 5.78 Å². The fourth-order valence-electron chi connectivity index (χ4n) is 2.89. The molecule has 1 aliphatic rings. The topological polar surface area (TPSA) is 53.5 Å². The molecule has 0 atom stereocenters. The number of aliphatic imine (C=N–C) groups is 1. The van der Waals surface area contributed by atoms with Crippen LogP contribution in [0.15, 0.2) is 120 Å². The predicted octanol–water partition coefficient (Wildman–Crippen LogP) is 5.33. The number of benzene rings is 3. The summed E-state index contributed by atoms with van der Waals surface area (Å²) in [7, 11) is 0. The zero-order chi connectivity index (χ0) is 19.2. The molecule has 2 N–H and O–H groups in total. The molecule has 0 aromatic heterocycles. The van der Waals surface area contributed by atoms with Gasteiger partial charge in [-0.1, -0.05) is 54.6 Å². The Morgan fingerprint density at radius 3 is 1.75 bits per heavy atom. The Labute approximate surface area is 164 Å². The first-order valence-corrected chi connectivity index (χ1v) is 9.04. The Bertz CT molecular complexity index is 1050. The fourth-order valence-corrected chi connectivity index (χ4v) is 2.89. The summed E-state index contributed by atoms with van der Waals surface area (Å²) >= 11 is 0. The number of hydrogen-bond acceptors (Lipinski definition) is 4. The molecule has 4 nitrogen and oxygen atoms in total. The van der Waals surface area contributed by atoms with Crippen molar-refractivity contribution in [3.63, 3.8) is 0 Å². The van der Waals surface area contributed by atoms with E-state index in [1.807, 2.05) is 91.0 Å². The van der Waals surface area contributed by atoms with Gasteiger partial charge in [0.25, 0.3) is 0 Å². The normalized spacial score (nSPS) is 15.0. The van der Waals surface area contributed by atoms with Gasteiger partial charge in [-0.15, -0.1) is 0 Å². The number of carbonyl (C=O) groups is 1. The first-order chi connectivity index (χ1) is 13.8. The monoisotopic (exact) mass is 365 g/mol. The molecule has 0 fully saturated rings. The minimum atomic E-state index is -0.138. The van der Waals surface area contributed by atoms with Crippen molar-refractivity contribution in [2.45, 2.75) is 0 Å². The molecular weight excluding hydrogens is 346 g/mol. The molecule has 3 aromatic rings. The quantitative estimate of drug-likeness (QED) is 0.601. The molecule has 0 bridgehead atoms. The maximum Gasteiger partial charge on any atom is 0.206 e. The van der Waals surface area contributed by atoms with E-state index in [9.17, 15) is 4.79 Å². The smallest absolute Gasteiger partial charge is 0.206 e. The van der Waals surface area contributed by atoms with Crippen molar-refractivity contribution in [2.75, 3.05) is 10.6 Å². The largest absolute Gasteiger partial charge is 0.354 e. The van der Waals surface area contributed by atoms with Gasteiger partial charge in [0.2, 0.25) is 5.78 Å². The van der Waals surface area contributed by atoms with E-state index in [1.165, 1.54) is 0 Å². The Hall–Kier alpha value is -3.92. The van der Waals surface area contributed by atoms with E-state index in [0.717, 1.165) is 22.8 Å². The highest BCUT2D eigenvalue weighted by atomic mass is 16.1. The molecule has 1 aliphatic carbocycles. The third kappa shape index (κ3) is 4.07. The molecule has 0 spiro atoms. The number of carbonyl (C=O) groups excluding carboxylic acids is 1. The van der Waals surface area contributed by atoms with Crippen molar-refractivity contribution >= 4 is 28.6 Å². The van der Waals surface area contributed by atoms with Crippen LogP contribution in [-0.4, -0.2) is 11.5 Å². The molecule has 0 unspecified atom stereocenters. The van der Waals surface area contributed by atoms with Crippen LogP contribution < -0.4 is 10.6 Å². The molecule has 0 saturated heterocycles. The summed E-state index contributed by atoms with van der Waals surface area (Å²) in [6, 6.07) is 29.1. The number of anilines is 2. The van der Waals surface area contributed by atoms with E-state index in [0.29, 0.717) is 11.4 Å². The lowest BCUT2D eigenvalue weighted by molar-refractivity contribution is -0.108. The minimum absolute atomic E-state index is 0.138. The summed E-state index contributed by atoms with van der Waals surface area (Å²) < 4.78 is 0. The summed E-state index contributed by atoms with van der Waals surface area (Å²) in [6.45, 7) is 0. The summed E-state index contributed by atoms with van der Waals surface area (Å²) in [5, 5.41) is 6.75. The lowest BCUT2D eigenvalue weighted by Crippen LogP contribution is -2.26. The Kier molecular flexibility index (Phi) is 5.11. The van der Waals surface area contributed by atoms with Crippen LogP contribution in [-0.2, 0) is 4.79 Å². The molecule has 0 amide bonds. The number of hydrogen-bond donors (Lipinski definition) is 2. The van der Waals surface area contributed by atoms with Crippen LogP contribution in [0.2, 0.25) is 0 Å². The van der Waals surface area contributed by atoms with Gasteiger partial charge in [0.15, 0.2) is 0 Å². The van der Waals surface area contributed by atoms with Crippen molar-refractivity contribution < 1.29 is 4.79 Å². The van der Waals surface area contributed by atoms with Crippen molar-refractivity contribution in [1.29, 1.82) is 0 Å². The predicted molar refractivity (Wildman–Crippen MR) is 115 cm³/mol. The molecule has 28 heavy (non-hydrogen) atoms. The molecular formula is C24H19N3O. The van der Waals surface area contributed by atoms with E-state index in [4.69, 9.17) is 0 Å². The van der Waals surface area contributed by atoms with E-state index < -0.39 is 0 Å². The van der Waals surface area contributed by atoms with Crippen LogP contribution in [0.25, 0.3) is 0 Å². The van der Waals surface area contributed by atoms with Crippen LogP contribution in [0.4, 0.5) is 17.1 Å². The lowest BCUT2D eigenvalue weighted by atomic mass is 10.0. The van der Waals surface area contributed by atoms with Crippen LogP contribution in [0.1, 0.15) is 0 Å². The number of allylic oxidation sites excluding steroid dienone is 3. The Morgan fingerprint density at radius 1 is 0.607 bits per heavy atom. The van der Waals surface area contributed by atoms with Gasteiger partial charge in [0.1, 0.15) is 5.71 Å². The van der Waals surface area contributed by atoms with E-state index in [1.54, 1.807) is 12.2 Å². The molecule has 0 aliphatic heterocycles. The minimum Gasteiger partial charge on any atom is -0.354 e. The number of ketones is 1. The van der Waals surface area contributed by atoms with E-state index >= 15 is 0 Å². The van der Waals surface area contributed by atoms with Crippen LogP contribution in [0, 0.1) is 0 Å². The van der Waals surface area contributed by atoms with Gasteiger partial charge in [-0.2, -0.15) is 0 Å². The second-order valence-corrected chi connectivity index (χ2v) is 6.26. The average Bonchev–Trinajstić information content (AvgIpc) is 2.75. The van der Waals surface area contributed by atoms with Gasteiger partial charge < -0.3 is 10.6 Å². The van der Waals surface area contributed by atoms with Gasteiger partial charge in [0.05, 0.1) is 17.1 Å². The number of para-hydroxylation sites is 3. The van der Waals surface area contributed by atoms with Crippen LogP contribution in [0.3, 0.4) is 0 Å². The second kappa shape index (κ2) is 8.18. The summed E-state index contributed by atoms with van der Waals surface area (Å²) in [5.41, 5.74) is 4.34. The van der Waals surface area contributed by atoms with Gasteiger partial charge in [0, 0.05) is 11.4 Å². The van der Waals surface area contributed by atoms with Crippen molar-refractivity contribution in [2.24, 2.45) is 4.99 Å². The van der Waals surface area contributed by atoms with E-state index in [2.05, 4.69) is 15.6 Å². The molecule has 0 radical (unpaired) electrons. The highest BCUT2D eigenvalue weighted by molar-refractivity contribution is 6.51. The number of rotatable bonds is 5. The van der Waals surface area contributed by atoms with Gasteiger partial charge >= 0.3 is 0 Å². The summed E-state index contributed by atoms with van der Waals surface area (Å²) in [4.78, 5) is 17.3. The molecule has 0 saturated carbocycles. The maximum atomic E-state index is 12.7. The second-order valence-electron chi connectivity index (χ2n) is 6.26. The molecule has 4 heteroatoms. The van der Waals surface area contributed by atoms with Crippen LogP contribution >= 0.6 is 0 Å².